The third-order valence-corrected chi connectivity index (χ3v) is 2.26. The highest BCUT2D eigenvalue weighted by Crippen LogP contribution is 2.35. The number of aromatic hydroxyl groups is 1. The van der Waals surface area contributed by atoms with E-state index in [1.54, 1.807) is 6.07 Å². The summed E-state index contributed by atoms with van der Waals surface area (Å²) in [5, 5.41) is 9.48. The van der Waals surface area contributed by atoms with Gasteiger partial charge in [-0.05, 0) is 33.6 Å². The van der Waals surface area contributed by atoms with Crippen LogP contribution in [0.1, 0.15) is 5.56 Å². The first-order valence-corrected chi connectivity index (χ1v) is 4.67. The molecule has 0 radical (unpaired) electrons. The van der Waals surface area contributed by atoms with E-state index in [1.807, 2.05) is 0 Å². The minimum absolute atomic E-state index is 0.0156. The van der Waals surface area contributed by atoms with Gasteiger partial charge in [-0.2, -0.15) is 0 Å². The van der Waals surface area contributed by atoms with Crippen molar-refractivity contribution in [3.8, 4) is 11.5 Å². The van der Waals surface area contributed by atoms with Crippen LogP contribution in [0.15, 0.2) is 16.6 Å². The second-order valence-electron chi connectivity index (χ2n) is 2.77. The maximum absolute atomic E-state index is 10.6. The fraction of sp³-hybridized carbons (Fsp3) is 0.222. The van der Waals surface area contributed by atoms with Gasteiger partial charge in [0.25, 0.3) is 0 Å². The van der Waals surface area contributed by atoms with Gasteiger partial charge in [0, 0.05) is 0 Å². The van der Waals surface area contributed by atoms with Crippen LogP contribution < -0.4 is 10.5 Å². The molecule has 1 aromatic rings. The molecule has 0 unspecified atom stereocenters. The normalized spacial score (nSPS) is 9.86. The van der Waals surface area contributed by atoms with E-state index in [0.29, 0.717) is 15.8 Å². The Morgan fingerprint density at radius 3 is 2.71 bits per heavy atom. The number of rotatable bonds is 3. The number of benzene rings is 1. The lowest BCUT2D eigenvalue weighted by molar-refractivity contribution is -0.117. The summed E-state index contributed by atoms with van der Waals surface area (Å²) >= 11 is 3.21. The number of halogens is 1. The predicted octanol–water partition coefficient (Wildman–Crippen LogP) is 1.19. The van der Waals surface area contributed by atoms with Crippen LogP contribution in [0.25, 0.3) is 0 Å². The molecule has 0 saturated carbocycles. The standard InChI is InChI=1S/C9H10BrNO3/c1-14-9-6(10)2-5(3-7(9)12)4-8(11)13/h2-3,12H,4H2,1H3,(H2,11,13). The fourth-order valence-electron chi connectivity index (χ4n) is 1.14. The summed E-state index contributed by atoms with van der Waals surface area (Å²) in [5.74, 6) is -0.113. The van der Waals surface area contributed by atoms with Crippen LogP contribution in [0.4, 0.5) is 0 Å². The zero-order valence-electron chi connectivity index (χ0n) is 7.58. The average molecular weight is 260 g/mol. The quantitative estimate of drug-likeness (QED) is 0.857. The molecule has 0 heterocycles. The van der Waals surface area contributed by atoms with Gasteiger partial charge >= 0.3 is 0 Å². The molecule has 1 aromatic carbocycles. The molecule has 0 bridgehead atoms. The van der Waals surface area contributed by atoms with Gasteiger partial charge in [-0.25, -0.2) is 0 Å². The highest BCUT2D eigenvalue weighted by Gasteiger charge is 2.09. The van der Waals surface area contributed by atoms with Crippen molar-refractivity contribution in [1.29, 1.82) is 0 Å². The molecule has 0 saturated heterocycles. The number of ether oxygens (including phenoxy) is 1. The summed E-state index contributed by atoms with van der Waals surface area (Å²) < 4.78 is 5.52. The molecule has 0 atom stereocenters. The number of carbonyl (C=O) groups is 1. The Balaban J connectivity index is 3.07. The molecule has 0 aliphatic carbocycles. The Morgan fingerprint density at radius 1 is 1.64 bits per heavy atom. The highest BCUT2D eigenvalue weighted by atomic mass is 79.9. The Labute approximate surface area is 89.8 Å². The number of primary amides is 1. The third kappa shape index (κ3) is 2.38. The van der Waals surface area contributed by atoms with Crippen molar-refractivity contribution >= 4 is 21.8 Å². The van der Waals surface area contributed by atoms with E-state index in [1.165, 1.54) is 13.2 Å². The monoisotopic (exact) mass is 259 g/mol. The summed E-state index contributed by atoms with van der Waals surface area (Å²) in [7, 11) is 1.45. The molecule has 76 valence electrons. The summed E-state index contributed by atoms with van der Waals surface area (Å²) in [6, 6.07) is 3.14. The van der Waals surface area contributed by atoms with E-state index < -0.39 is 5.91 Å². The van der Waals surface area contributed by atoms with Crippen LogP contribution in [0, 0.1) is 0 Å². The Kier molecular flexibility index (Phi) is 3.35. The lowest BCUT2D eigenvalue weighted by atomic mass is 10.1. The van der Waals surface area contributed by atoms with Gasteiger partial charge in [-0.3, -0.25) is 4.79 Å². The maximum Gasteiger partial charge on any atom is 0.221 e. The predicted molar refractivity (Wildman–Crippen MR) is 55.3 cm³/mol. The Morgan fingerprint density at radius 2 is 2.29 bits per heavy atom. The molecule has 1 amide bonds. The molecular weight excluding hydrogens is 250 g/mol. The van der Waals surface area contributed by atoms with Gasteiger partial charge in [-0.15, -0.1) is 0 Å². The molecule has 5 heteroatoms. The molecule has 3 N–H and O–H groups in total. The van der Waals surface area contributed by atoms with Crippen molar-refractivity contribution in [2.24, 2.45) is 5.73 Å². The van der Waals surface area contributed by atoms with E-state index in [-0.39, 0.29) is 12.2 Å². The van der Waals surface area contributed by atoms with Crippen LogP contribution in [0.5, 0.6) is 11.5 Å². The van der Waals surface area contributed by atoms with E-state index in [9.17, 15) is 9.90 Å². The lowest BCUT2D eigenvalue weighted by Gasteiger charge is -2.07. The second-order valence-corrected chi connectivity index (χ2v) is 3.63. The molecule has 1 rings (SSSR count). The molecule has 0 spiro atoms. The van der Waals surface area contributed by atoms with Crippen molar-refractivity contribution in [3.05, 3.63) is 22.2 Å². The van der Waals surface area contributed by atoms with Crippen LogP contribution in [-0.4, -0.2) is 18.1 Å². The van der Waals surface area contributed by atoms with Gasteiger partial charge in [0.05, 0.1) is 18.0 Å². The first-order chi connectivity index (χ1) is 6.54. The molecular formula is C9H10BrNO3. The minimum Gasteiger partial charge on any atom is -0.504 e. The third-order valence-electron chi connectivity index (χ3n) is 1.67. The number of nitrogens with two attached hydrogens (primary N) is 1. The van der Waals surface area contributed by atoms with Crippen molar-refractivity contribution in [1.82, 2.24) is 0 Å². The number of hydrogen-bond donors (Lipinski definition) is 2. The number of phenolic OH excluding ortho intramolecular Hbond substituents is 1. The lowest BCUT2D eigenvalue weighted by Crippen LogP contribution is -2.13. The Bertz CT molecular complexity index is 342. The van der Waals surface area contributed by atoms with Crippen molar-refractivity contribution in [2.45, 2.75) is 6.42 Å². The SMILES string of the molecule is COc1c(O)cc(CC(N)=O)cc1Br. The summed E-state index contributed by atoms with van der Waals surface area (Å²) in [6.45, 7) is 0. The van der Waals surface area contributed by atoms with Crippen molar-refractivity contribution in [2.75, 3.05) is 7.11 Å². The minimum atomic E-state index is -0.443. The van der Waals surface area contributed by atoms with Crippen molar-refractivity contribution in [3.63, 3.8) is 0 Å². The molecule has 0 aromatic heterocycles. The zero-order chi connectivity index (χ0) is 10.7. The van der Waals surface area contributed by atoms with E-state index >= 15 is 0 Å². The van der Waals surface area contributed by atoms with E-state index in [2.05, 4.69) is 15.9 Å². The Hall–Kier alpha value is -1.23. The zero-order valence-corrected chi connectivity index (χ0v) is 9.17. The summed E-state index contributed by atoms with van der Waals surface area (Å²) in [4.78, 5) is 10.6. The molecule has 0 aliphatic rings. The number of amides is 1. The van der Waals surface area contributed by atoms with Gasteiger partial charge in [0.1, 0.15) is 0 Å². The smallest absolute Gasteiger partial charge is 0.221 e. The molecule has 0 fully saturated rings. The van der Waals surface area contributed by atoms with E-state index in [0.717, 1.165) is 0 Å². The van der Waals surface area contributed by atoms with Crippen LogP contribution in [-0.2, 0) is 11.2 Å². The largest absolute Gasteiger partial charge is 0.504 e. The molecule has 4 nitrogen and oxygen atoms in total. The summed E-state index contributed by atoms with van der Waals surface area (Å²) in [6.07, 6.45) is 0.0934. The number of phenols is 1. The fourth-order valence-corrected chi connectivity index (χ4v) is 1.80. The van der Waals surface area contributed by atoms with Crippen LogP contribution >= 0.6 is 15.9 Å². The van der Waals surface area contributed by atoms with E-state index in [4.69, 9.17) is 10.5 Å². The highest BCUT2D eigenvalue weighted by molar-refractivity contribution is 9.10. The second kappa shape index (κ2) is 4.32. The number of methoxy groups -OCH3 is 1. The number of carbonyl (C=O) groups excluding carboxylic acids is 1. The molecule has 14 heavy (non-hydrogen) atoms. The van der Waals surface area contributed by atoms with Gasteiger partial charge in [0.2, 0.25) is 5.91 Å². The summed E-state index contributed by atoms with van der Waals surface area (Å²) in [5.41, 5.74) is 5.67. The van der Waals surface area contributed by atoms with Gasteiger partial charge in [0.15, 0.2) is 11.5 Å². The number of hydrogen-bond acceptors (Lipinski definition) is 3. The maximum atomic E-state index is 10.6. The first kappa shape index (κ1) is 10.8. The van der Waals surface area contributed by atoms with Crippen LogP contribution in [0.3, 0.4) is 0 Å². The van der Waals surface area contributed by atoms with Crippen molar-refractivity contribution < 1.29 is 14.6 Å². The molecule has 0 aliphatic heterocycles. The average Bonchev–Trinajstić information content (AvgIpc) is 2.01. The topological polar surface area (TPSA) is 72.6 Å². The van der Waals surface area contributed by atoms with Crippen LogP contribution in [0.2, 0.25) is 0 Å². The van der Waals surface area contributed by atoms with Gasteiger partial charge < -0.3 is 15.6 Å². The van der Waals surface area contributed by atoms with Gasteiger partial charge in [-0.1, -0.05) is 0 Å². The first-order valence-electron chi connectivity index (χ1n) is 3.88.